The number of hydrogen-bond donors (Lipinski definition) is 3. The van der Waals surface area contributed by atoms with Gasteiger partial charge < -0.3 is 37.8 Å². The Balaban J connectivity index is 0.00000242. The van der Waals surface area contributed by atoms with Crippen LogP contribution in [-0.2, 0) is 0 Å². The van der Waals surface area contributed by atoms with E-state index in [1.165, 1.54) is 6.26 Å². The number of aliphatic hydroxyl groups is 1. The van der Waals surface area contributed by atoms with Gasteiger partial charge in [0.1, 0.15) is 17.9 Å². The lowest BCUT2D eigenvalue weighted by molar-refractivity contribution is -0.693. The molecule has 6 N–H and O–H groups in total. The van der Waals surface area contributed by atoms with Crippen molar-refractivity contribution in [1.82, 2.24) is 0 Å². The van der Waals surface area contributed by atoms with Gasteiger partial charge in [0.15, 0.2) is 5.76 Å². The van der Waals surface area contributed by atoms with Crippen LogP contribution in [0.4, 0.5) is 0 Å². The maximum absolute atomic E-state index is 11.8. The molecule has 0 radical (unpaired) electrons. The number of carbonyl (C=O) groups excluding carboxylic acids is 1. The molecule has 7 heteroatoms. The quantitative estimate of drug-likeness (QED) is 0.478. The summed E-state index contributed by atoms with van der Waals surface area (Å²) in [7, 11) is 0. The molecule has 0 fully saturated rings. The zero-order valence-corrected chi connectivity index (χ0v) is 13.5. The lowest BCUT2D eigenvalue weighted by atomic mass is 10.0. The highest BCUT2D eigenvalue weighted by Crippen LogP contribution is 2.18. The van der Waals surface area contributed by atoms with Gasteiger partial charge in [-0.1, -0.05) is 12.1 Å². The van der Waals surface area contributed by atoms with Crippen molar-refractivity contribution in [2.45, 2.75) is 25.5 Å². The van der Waals surface area contributed by atoms with E-state index in [4.69, 9.17) is 4.42 Å². The van der Waals surface area contributed by atoms with E-state index >= 15 is 0 Å². The van der Waals surface area contributed by atoms with Crippen LogP contribution < -0.4 is 17.7 Å². The third-order valence-electron chi connectivity index (χ3n) is 3.44. The first-order chi connectivity index (χ1) is 10.1. The first kappa shape index (κ1) is 21.1. The summed E-state index contributed by atoms with van der Waals surface area (Å²) in [5.74, 6) is 0.504. The van der Waals surface area contributed by atoms with Crippen molar-refractivity contribution in [3.63, 3.8) is 0 Å². The molecule has 0 amide bonds. The molecule has 0 bridgehead atoms. The Morgan fingerprint density at radius 1 is 1.26 bits per heavy atom. The van der Waals surface area contributed by atoms with Gasteiger partial charge in [-0.15, -0.1) is 0 Å². The summed E-state index contributed by atoms with van der Waals surface area (Å²) >= 11 is 0. The highest BCUT2D eigenvalue weighted by Gasteiger charge is 2.19. The van der Waals surface area contributed by atoms with Crippen molar-refractivity contribution >= 4 is 5.78 Å². The van der Waals surface area contributed by atoms with Crippen LogP contribution in [0.1, 0.15) is 35.6 Å². The molecule has 1 aromatic carbocycles. The molecule has 0 aliphatic heterocycles. The highest BCUT2D eigenvalue weighted by molar-refractivity contribution is 5.93. The van der Waals surface area contributed by atoms with Crippen LogP contribution in [0.15, 0.2) is 47.1 Å². The summed E-state index contributed by atoms with van der Waals surface area (Å²) in [6.07, 6.45) is 1.19. The standard InChI is InChI=1S/C16H19NO4.ClH.H2O/c1-11(16(20)12-4-6-13(18)7-5-12)17-9-8-14(19)15-3-2-10-21-15;;/h2-7,10-11,16-18,20H,8-9H2,1H3;1H;1H2. The fourth-order valence-corrected chi connectivity index (χ4v) is 2.14. The van der Waals surface area contributed by atoms with E-state index in [1.54, 1.807) is 36.4 Å². The second kappa shape index (κ2) is 10.0. The van der Waals surface area contributed by atoms with Crippen LogP contribution in [0.3, 0.4) is 0 Å². The molecular formula is C16H22ClNO5. The van der Waals surface area contributed by atoms with E-state index in [0.717, 1.165) is 5.56 Å². The van der Waals surface area contributed by atoms with Crippen LogP contribution in [0.2, 0.25) is 0 Å². The van der Waals surface area contributed by atoms with E-state index in [0.29, 0.717) is 18.7 Å². The summed E-state index contributed by atoms with van der Waals surface area (Å²) in [5.41, 5.74) is 0.744. The van der Waals surface area contributed by atoms with Crippen LogP contribution >= 0.6 is 0 Å². The maximum Gasteiger partial charge on any atom is 0.203 e. The van der Waals surface area contributed by atoms with Gasteiger partial charge in [0, 0.05) is 0 Å². The van der Waals surface area contributed by atoms with E-state index in [1.807, 2.05) is 12.2 Å². The number of halogens is 1. The number of Topliss-reactive ketones (excluding diaryl/α,β-unsaturated/α-hetero) is 1. The van der Waals surface area contributed by atoms with Crippen molar-refractivity contribution in [1.29, 1.82) is 0 Å². The topological polar surface area (TPSA) is 119 Å². The number of benzene rings is 1. The van der Waals surface area contributed by atoms with Gasteiger partial charge in [-0.05, 0) is 36.8 Å². The number of hydrogen-bond acceptors (Lipinski definition) is 4. The van der Waals surface area contributed by atoms with E-state index < -0.39 is 6.10 Å². The molecule has 2 aromatic rings. The Labute approximate surface area is 140 Å². The molecule has 2 unspecified atom stereocenters. The number of phenolic OH excluding ortho intramolecular Hbond substituents is 1. The van der Waals surface area contributed by atoms with Gasteiger partial charge >= 0.3 is 0 Å². The Bertz CT molecular complexity index is 571. The van der Waals surface area contributed by atoms with Crippen molar-refractivity contribution in [3.8, 4) is 5.75 Å². The minimum Gasteiger partial charge on any atom is -1.00 e. The van der Waals surface area contributed by atoms with Crippen molar-refractivity contribution in [2.75, 3.05) is 6.54 Å². The molecule has 1 heterocycles. The molecule has 23 heavy (non-hydrogen) atoms. The molecule has 2 atom stereocenters. The number of ketones is 1. The van der Waals surface area contributed by atoms with Gasteiger partial charge in [0.25, 0.3) is 0 Å². The molecule has 6 nitrogen and oxygen atoms in total. The number of rotatable bonds is 7. The Hall–Kier alpha value is -1.86. The fraction of sp³-hybridized carbons (Fsp3) is 0.312. The Morgan fingerprint density at radius 2 is 1.91 bits per heavy atom. The number of furan rings is 1. The molecule has 2 rings (SSSR count). The monoisotopic (exact) mass is 343 g/mol. The molecule has 0 aliphatic rings. The first-order valence-electron chi connectivity index (χ1n) is 6.95. The molecule has 0 aliphatic carbocycles. The van der Waals surface area contributed by atoms with E-state index in [-0.39, 0.29) is 35.5 Å². The summed E-state index contributed by atoms with van der Waals surface area (Å²) < 4.78 is 5.04. The maximum atomic E-state index is 11.8. The number of nitrogens with two attached hydrogens (primary N) is 1. The Kier molecular flexibility index (Phi) is 9.21. The molecule has 0 saturated carbocycles. The van der Waals surface area contributed by atoms with Gasteiger partial charge in [-0.3, -0.25) is 4.79 Å². The largest absolute Gasteiger partial charge is 1.00 e. The summed E-state index contributed by atoms with van der Waals surface area (Å²) in [4.78, 5) is 11.8. The smallest absolute Gasteiger partial charge is 0.203 e. The van der Waals surface area contributed by atoms with Gasteiger partial charge in [-0.25, -0.2) is 0 Å². The fourth-order valence-electron chi connectivity index (χ4n) is 2.14. The number of quaternary nitrogens is 1. The number of carbonyl (C=O) groups is 1. The van der Waals surface area contributed by atoms with Crippen molar-refractivity contribution < 1.29 is 42.6 Å². The van der Waals surface area contributed by atoms with Crippen molar-refractivity contribution in [2.24, 2.45) is 0 Å². The lowest BCUT2D eigenvalue weighted by Crippen LogP contribution is -3.00. The third-order valence-corrected chi connectivity index (χ3v) is 3.44. The lowest BCUT2D eigenvalue weighted by Gasteiger charge is -2.17. The number of aromatic hydroxyl groups is 1. The zero-order valence-electron chi connectivity index (χ0n) is 12.8. The molecule has 1 aromatic heterocycles. The predicted octanol–water partition coefficient (Wildman–Crippen LogP) is -2.58. The molecular weight excluding hydrogens is 322 g/mol. The van der Waals surface area contributed by atoms with Gasteiger partial charge in [0.2, 0.25) is 5.78 Å². The summed E-state index contributed by atoms with van der Waals surface area (Å²) in [6.45, 7) is 2.48. The summed E-state index contributed by atoms with van der Waals surface area (Å²) in [5, 5.41) is 21.4. The second-order valence-electron chi connectivity index (χ2n) is 5.07. The van der Waals surface area contributed by atoms with Gasteiger partial charge in [0.05, 0.1) is 19.2 Å². The highest BCUT2D eigenvalue weighted by atomic mass is 35.5. The van der Waals surface area contributed by atoms with Crippen LogP contribution in [0.5, 0.6) is 5.75 Å². The van der Waals surface area contributed by atoms with E-state index in [2.05, 4.69) is 0 Å². The third kappa shape index (κ3) is 6.03. The molecule has 0 saturated heterocycles. The van der Waals surface area contributed by atoms with Crippen LogP contribution in [0, 0.1) is 0 Å². The normalized spacial score (nSPS) is 12.6. The van der Waals surface area contributed by atoms with Crippen molar-refractivity contribution in [3.05, 3.63) is 54.0 Å². The van der Waals surface area contributed by atoms with Gasteiger partial charge in [-0.2, -0.15) is 0 Å². The second-order valence-corrected chi connectivity index (χ2v) is 5.07. The number of aliphatic hydroxyl groups excluding tert-OH is 1. The SMILES string of the molecule is CC([NH2+]CCC(=O)c1ccco1)C(O)c1ccc(O)cc1.O.[Cl-]. The molecule has 0 spiro atoms. The molecule has 128 valence electrons. The average molecular weight is 344 g/mol. The number of phenols is 1. The first-order valence-corrected chi connectivity index (χ1v) is 6.95. The van der Waals surface area contributed by atoms with Crippen LogP contribution in [-0.4, -0.2) is 34.1 Å². The van der Waals surface area contributed by atoms with E-state index in [9.17, 15) is 15.0 Å². The summed E-state index contributed by atoms with van der Waals surface area (Å²) in [6, 6.07) is 9.73. The van der Waals surface area contributed by atoms with Crippen LogP contribution in [0.25, 0.3) is 0 Å². The predicted molar refractivity (Wildman–Crippen MR) is 80.6 cm³/mol. The minimum absolute atomic E-state index is 0. The minimum atomic E-state index is -0.649. The zero-order chi connectivity index (χ0) is 15.2. The Morgan fingerprint density at radius 3 is 2.48 bits per heavy atom. The average Bonchev–Trinajstić information content (AvgIpc) is 3.01.